The molecule has 0 aromatic carbocycles. The first kappa shape index (κ1) is 32.1. The van der Waals surface area contributed by atoms with E-state index in [2.05, 4.69) is 34.5 Å². The van der Waals surface area contributed by atoms with E-state index in [0.717, 1.165) is 17.1 Å². The van der Waals surface area contributed by atoms with Crippen LogP contribution in [0, 0.1) is 23.7 Å². The Morgan fingerprint density at radius 3 is 2.65 bits per heavy atom. The normalized spacial score (nSPS) is 23.3. The van der Waals surface area contributed by atoms with E-state index in [0.29, 0.717) is 45.5 Å². The molecule has 1 aromatic heterocycles. The molecule has 1 unspecified atom stereocenters. The zero-order valence-corrected chi connectivity index (χ0v) is 25.5. The molecule has 10 nitrogen and oxygen atoms in total. The van der Waals surface area contributed by atoms with Crippen LogP contribution in [0.25, 0.3) is 0 Å². The number of likely N-dealkylation sites (tertiary alicyclic amines) is 1. The Kier molecular flexibility index (Phi) is 11.3. The molecule has 0 spiro atoms. The van der Waals surface area contributed by atoms with Gasteiger partial charge < -0.3 is 24.3 Å². The van der Waals surface area contributed by atoms with E-state index in [9.17, 15) is 19.2 Å². The maximum Gasteiger partial charge on any atom is 0.318 e. The van der Waals surface area contributed by atoms with Crippen LogP contribution in [0.4, 0.5) is 10.2 Å². The van der Waals surface area contributed by atoms with E-state index in [1.54, 1.807) is 29.0 Å². The predicted octanol–water partition coefficient (Wildman–Crippen LogP) is 3.26. The molecule has 5 rings (SSSR count). The van der Waals surface area contributed by atoms with Gasteiger partial charge in [0.25, 0.3) is 0 Å². The van der Waals surface area contributed by atoms with Crippen molar-refractivity contribution in [1.29, 1.82) is 5.26 Å². The number of allylic oxidation sites excluding steroid dienone is 2. The number of amides is 2. The number of rotatable bonds is 7. The van der Waals surface area contributed by atoms with Crippen molar-refractivity contribution in [1.82, 2.24) is 24.7 Å². The number of piperazine rings is 1. The number of nitrogens with zero attached hydrogens (tertiary/aromatic N) is 7. The number of nitriles is 1. The van der Waals surface area contributed by atoms with Crippen LogP contribution in [-0.4, -0.2) is 102 Å². The van der Waals surface area contributed by atoms with Gasteiger partial charge in [-0.1, -0.05) is 18.7 Å². The lowest BCUT2D eigenvalue weighted by atomic mass is 9.85. The van der Waals surface area contributed by atoms with Crippen molar-refractivity contribution in [3.8, 4) is 12.1 Å². The van der Waals surface area contributed by atoms with Crippen molar-refractivity contribution in [2.75, 3.05) is 58.3 Å². The summed E-state index contributed by atoms with van der Waals surface area (Å²) in [7, 11) is 3.87. The molecule has 11 heteroatoms. The van der Waals surface area contributed by atoms with Crippen LogP contribution < -0.4 is 9.64 Å². The third-order valence-electron chi connectivity index (χ3n) is 8.44. The molecule has 1 aromatic rings. The lowest BCUT2D eigenvalue weighted by molar-refractivity contribution is -0.135. The smallest absolute Gasteiger partial charge is 0.318 e. The van der Waals surface area contributed by atoms with Gasteiger partial charge >= 0.3 is 6.01 Å². The van der Waals surface area contributed by atoms with Crippen molar-refractivity contribution in [2.45, 2.75) is 57.5 Å². The average Bonchev–Trinajstić information content (AvgIpc) is 3.50. The maximum atomic E-state index is 13.7. The van der Waals surface area contributed by atoms with Gasteiger partial charge in [0.15, 0.2) is 0 Å². The molecule has 2 saturated heterocycles. The molecule has 2 fully saturated rings. The molecule has 3 heterocycles. The Morgan fingerprint density at radius 2 is 2.02 bits per heavy atom. The molecule has 0 bridgehead atoms. The van der Waals surface area contributed by atoms with Crippen molar-refractivity contribution in [3.05, 3.63) is 54.4 Å². The first-order valence-electron chi connectivity index (χ1n) is 15.2. The van der Waals surface area contributed by atoms with Gasteiger partial charge in [0.05, 0.1) is 36.9 Å². The summed E-state index contributed by atoms with van der Waals surface area (Å²) in [4.78, 5) is 42.7. The molecule has 0 N–H and O–H groups in total. The van der Waals surface area contributed by atoms with Crippen LogP contribution >= 0.6 is 0 Å². The number of anilines is 1. The first-order valence-corrected chi connectivity index (χ1v) is 15.2. The minimum atomic E-state index is -0.425. The standard InChI is InChI=1S/C27H32FN6O3.C5H11N/c1-4-24(35)34-14-13-33(17-21(34)11-12-29)25-22-10-9-18(15-23(22)30-27(31-25)37-5-2)26(36)32(3)20-8-6-7-19(28)16-20;1-6-4-2-3-5-6/h4,6-8,16,18,20-21H,1,5,9-11,13-15,17H2,2-3H3;2-5H2,1H3/t18-,20?,21-;/m1./s1. The fraction of sp³-hybridized carbons (Fsp3) is 0.562. The Hall–Kier alpha value is -3.78. The monoisotopic (exact) mass is 592 g/mol. The van der Waals surface area contributed by atoms with E-state index < -0.39 is 6.04 Å². The number of ether oxygens (including phenoxy) is 1. The van der Waals surface area contributed by atoms with Crippen LogP contribution in [0.1, 0.15) is 43.9 Å². The molecule has 2 aliphatic carbocycles. The van der Waals surface area contributed by atoms with E-state index in [1.165, 1.54) is 44.5 Å². The van der Waals surface area contributed by atoms with Crippen molar-refractivity contribution >= 4 is 17.6 Å². The number of halogens is 1. The van der Waals surface area contributed by atoms with Gasteiger partial charge in [-0.25, -0.2) is 4.39 Å². The number of hydrogen-bond acceptors (Lipinski definition) is 8. The van der Waals surface area contributed by atoms with Gasteiger partial charge in [0.2, 0.25) is 11.8 Å². The second-order valence-electron chi connectivity index (χ2n) is 11.4. The highest BCUT2D eigenvalue weighted by molar-refractivity contribution is 5.87. The molecule has 2 amide bonds. The zero-order chi connectivity index (χ0) is 30.9. The molecule has 4 aliphatic rings. The largest absolute Gasteiger partial charge is 0.464 e. The molecule has 0 saturated carbocycles. The minimum Gasteiger partial charge on any atom is -0.464 e. The number of hydrogen-bond donors (Lipinski definition) is 0. The topological polar surface area (TPSA) is 106 Å². The molecule has 2 aliphatic heterocycles. The lowest BCUT2D eigenvalue weighted by Gasteiger charge is -2.42. The van der Waals surface area contributed by atoms with E-state index in [4.69, 9.17) is 9.72 Å². The van der Waals surface area contributed by atoms with Crippen LogP contribution in [0.15, 0.2) is 36.7 Å². The van der Waals surface area contributed by atoms with Crippen molar-refractivity contribution in [3.63, 3.8) is 0 Å². The summed E-state index contributed by atoms with van der Waals surface area (Å²) < 4.78 is 19.4. The molecular weight excluding hydrogens is 549 g/mol. The number of carbonyl (C=O) groups is 2. The Balaban J connectivity index is 0.000000628. The highest BCUT2D eigenvalue weighted by Gasteiger charge is 2.36. The minimum absolute atomic E-state index is 0.0602. The Morgan fingerprint density at radius 1 is 1.26 bits per heavy atom. The molecular formula is C32H43FN7O3. The van der Waals surface area contributed by atoms with E-state index >= 15 is 0 Å². The van der Waals surface area contributed by atoms with Crippen molar-refractivity contribution < 1.29 is 18.7 Å². The van der Waals surface area contributed by atoms with Crippen LogP contribution in [-0.2, 0) is 22.4 Å². The molecule has 231 valence electrons. The third-order valence-corrected chi connectivity index (χ3v) is 8.44. The second-order valence-corrected chi connectivity index (χ2v) is 11.4. The average molecular weight is 593 g/mol. The number of carbonyl (C=O) groups excluding carboxylic acids is 2. The summed E-state index contributed by atoms with van der Waals surface area (Å²) >= 11 is 0. The van der Waals surface area contributed by atoms with Gasteiger partial charge in [-0.15, -0.1) is 0 Å². The fourth-order valence-electron chi connectivity index (χ4n) is 6.06. The van der Waals surface area contributed by atoms with Gasteiger partial charge in [-0.3, -0.25) is 9.59 Å². The zero-order valence-electron chi connectivity index (χ0n) is 25.5. The summed E-state index contributed by atoms with van der Waals surface area (Å²) in [5.41, 5.74) is 1.73. The lowest BCUT2D eigenvalue weighted by Crippen LogP contribution is -2.55. The van der Waals surface area contributed by atoms with Crippen LogP contribution in [0.3, 0.4) is 0 Å². The quantitative estimate of drug-likeness (QED) is 0.445. The summed E-state index contributed by atoms with van der Waals surface area (Å²) in [5, 5.41) is 9.34. The maximum absolute atomic E-state index is 13.7. The summed E-state index contributed by atoms with van der Waals surface area (Å²) in [6.07, 6.45) is 12.2. The van der Waals surface area contributed by atoms with Gasteiger partial charge in [-0.2, -0.15) is 15.2 Å². The summed E-state index contributed by atoms with van der Waals surface area (Å²) in [6, 6.07) is 1.72. The highest BCUT2D eigenvalue weighted by Crippen LogP contribution is 2.34. The second kappa shape index (κ2) is 15.1. The number of likely N-dealkylation sites (N-methyl/N-ethyl adjacent to an activating group) is 1. The van der Waals surface area contributed by atoms with Crippen LogP contribution in [0.2, 0.25) is 0 Å². The Bertz CT molecular complexity index is 1270. The number of aromatic nitrogens is 2. The highest BCUT2D eigenvalue weighted by atomic mass is 19.1. The first-order chi connectivity index (χ1) is 20.7. The van der Waals surface area contributed by atoms with Gasteiger partial charge in [0, 0.05) is 51.0 Å². The summed E-state index contributed by atoms with van der Waals surface area (Å²) in [6.45, 7) is 9.92. The van der Waals surface area contributed by atoms with Crippen molar-refractivity contribution in [2.24, 2.45) is 5.92 Å². The fourth-order valence-corrected chi connectivity index (χ4v) is 6.06. The molecule has 43 heavy (non-hydrogen) atoms. The van der Waals surface area contributed by atoms with E-state index in [1.807, 2.05) is 6.92 Å². The van der Waals surface area contributed by atoms with Crippen LogP contribution in [0.5, 0.6) is 6.01 Å². The third kappa shape index (κ3) is 7.99. The SMILES string of the molecule is C=CC(=O)N1CCN(c2nc(OCC)nc3c2CC[C@@H](C(=O)N(C)C2[CH]C(F)=CC=C2)C3)C[C@H]1CC#N.CN1CCCC1. The van der Waals surface area contributed by atoms with Gasteiger partial charge in [-0.05, 0) is 64.9 Å². The number of fused-ring (bicyclic) bond motifs is 1. The molecule has 3 atom stereocenters. The van der Waals surface area contributed by atoms with Gasteiger partial charge in [0.1, 0.15) is 11.6 Å². The summed E-state index contributed by atoms with van der Waals surface area (Å²) in [5.74, 6) is -0.166. The predicted molar refractivity (Wildman–Crippen MR) is 163 cm³/mol. The Labute approximate surface area is 254 Å². The molecule has 1 radical (unpaired) electrons. The van der Waals surface area contributed by atoms with E-state index in [-0.39, 0.29) is 42.0 Å².